The number of nitrogens with one attached hydrogen (secondary N) is 1. The second kappa shape index (κ2) is 4.03. The molecule has 16 heavy (non-hydrogen) atoms. The van der Waals surface area contributed by atoms with Gasteiger partial charge in [-0.1, -0.05) is 12.1 Å². The van der Waals surface area contributed by atoms with E-state index in [9.17, 15) is 0 Å². The van der Waals surface area contributed by atoms with Gasteiger partial charge in [-0.25, -0.2) is 4.99 Å². The first-order valence-electron chi connectivity index (χ1n) is 4.99. The molecule has 0 saturated heterocycles. The zero-order valence-electron chi connectivity index (χ0n) is 8.40. The fourth-order valence-corrected chi connectivity index (χ4v) is 3.07. The van der Waals surface area contributed by atoms with E-state index < -0.39 is 0 Å². The first-order valence-corrected chi connectivity index (χ1v) is 6.60. The van der Waals surface area contributed by atoms with Crippen molar-refractivity contribution in [3.63, 3.8) is 0 Å². The van der Waals surface area contributed by atoms with Crippen LogP contribution in [0.15, 0.2) is 45.2 Å². The van der Waals surface area contributed by atoms with E-state index in [1.54, 1.807) is 11.3 Å². The largest absolute Gasteiger partial charge is 0.378 e. The lowest BCUT2D eigenvalue weighted by molar-refractivity contribution is 1.30. The molecule has 0 amide bonds. The van der Waals surface area contributed by atoms with E-state index in [0.29, 0.717) is 0 Å². The molecule has 0 saturated carbocycles. The predicted octanol–water partition coefficient (Wildman–Crippen LogP) is 4.06. The average Bonchev–Trinajstić information content (AvgIpc) is 2.75. The first kappa shape index (κ1) is 10.1. The molecule has 1 N–H and O–H groups in total. The Morgan fingerprint density at radius 1 is 1.19 bits per heavy atom. The highest BCUT2D eigenvalue weighted by atomic mass is 79.9. The third-order valence-electron chi connectivity index (χ3n) is 2.46. The van der Waals surface area contributed by atoms with Crippen molar-refractivity contribution in [2.75, 3.05) is 11.9 Å². The number of hydrogen-bond acceptors (Lipinski definition) is 3. The summed E-state index contributed by atoms with van der Waals surface area (Å²) in [6.45, 7) is 0.796. The molecule has 0 radical (unpaired) electrons. The molecule has 2 aromatic rings. The summed E-state index contributed by atoms with van der Waals surface area (Å²) in [5.74, 6) is 0. The van der Waals surface area contributed by atoms with Gasteiger partial charge in [-0.2, -0.15) is 0 Å². The molecule has 0 spiro atoms. The van der Waals surface area contributed by atoms with Crippen molar-refractivity contribution in [3.8, 4) is 0 Å². The SMILES string of the molecule is Brc1ccc(C2=Nc3ccccc3NC2)s1. The molecule has 0 unspecified atom stereocenters. The molecule has 0 aliphatic carbocycles. The molecule has 1 aromatic carbocycles. The Kier molecular flexibility index (Phi) is 2.53. The second-order valence-electron chi connectivity index (χ2n) is 3.53. The highest BCUT2D eigenvalue weighted by Gasteiger charge is 2.13. The zero-order valence-corrected chi connectivity index (χ0v) is 10.8. The standard InChI is InChI=1S/C12H9BrN2S/c13-12-6-5-11(16-12)10-7-14-8-3-1-2-4-9(8)15-10/h1-6,14H,7H2. The molecule has 2 nitrogen and oxygen atoms in total. The van der Waals surface area contributed by atoms with Gasteiger partial charge in [0.2, 0.25) is 0 Å². The van der Waals surface area contributed by atoms with Crippen LogP contribution in [0.5, 0.6) is 0 Å². The third kappa shape index (κ3) is 1.79. The molecular formula is C12H9BrN2S. The van der Waals surface area contributed by atoms with Crippen LogP contribution in [0.3, 0.4) is 0 Å². The summed E-state index contributed by atoms with van der Waals surface area (Å²) in [4.78, 5) is 5.89. The lowest BCUT2D eigenvalue weighted by atomic mass is 10.2. The van der Waals surface area contributed by atoms with Crippen LogP contribution in [-0.4, -0.2) is 12.3 Å². The van der Waals surface area contributed by atoms with Gasteiger partial charge in [-0.05, 0) is 40.2 Å². The number of para-hydroxylation sites is 2. The number of benzene rings is 1. The minimum absolute atomic E-state index is 0.796. The van der Waals surface area contributed by atoms with Gasteiger partial charge >= 0.3 is 0 Å². The Morgan fingerprint density at radius 2 is 2.06 bits per heavy atom. The maximum atomic E-state index is 4.67. The monoisotopic (exact) mass is 292 g/mol. The number of hydrogen-bond donors (Lipinski definition) is 1. The summed E-state index contributed by atoms with van der Waals surface area (Å²) < 4.78 is 1.14. The zero-order chi connectivity index (χ0) is 11.0. The van der Waals surface area contributed by atoms with E-state index in [1.807, 2.05) is 18.2 Å². The summed E-state index contributed by atoms with van der Waals surface area (Å²) in [6.07, 6.45) is 0. The smallest absolute Gasteiger partial charge is 0.0865 e. The topological polar surface area (TPSA) is 24.4 Å². The van der Waals surface area contributed by atoms with Crippen molar-refractivity contribution in [3.05, 3.63) is 45.1 Å². The first-order chi connectivity index (χ1) is 7.83. The van der Waals surface area contributed by atoms with Crippen LogP contribution in [0, 0.1) is 0 Å². The number of thiophene rings is 1. The van der Waals surface area contributed by atoms with Gasteiger partial charge in [-0.15, -0.1) is 11.3 Å². The minimum Gasteiger partial charge on any atom is -0.378 e. The molecular weight excluding hydrogens is 284 g/mol. The van der Waals surface area contributed by atoms with Crippen molar-refractivity contribution in [1.82, 2.24) is 0 Å². The van der Waals surface area contributed by atoms with E-state index in [4.69, 9.17) is 0 Å². The van der Waals surface area contributed by atoms with Crippen LogP contribution in [0.1, 0.15) is 4.88 Å². The average molecular weight is 293 g/mol. The molecule has 1 aromatic heterocycles. The summed E-state index contributed by atoms with van der Waals surface area (Å²) in [7, 11) is 0. The van der Waals surface area contributed by atoms with Crippen molar-refractivity contribution in [2.24, 2.45) is 4.99 Å². The van der Waals surface area contributed by atoms with Crippen molar-refractivity contribution in [2.45, 2.75) is 0 Å². The van der Waals surface area contributed by atoms with Gasteiger partial charge in [0.25, 0.3) is 0 Å². The summed E-state index contributed by atoms with van der Waals surface area (Å²) in [6, 6.07) is 12.3. The Balaban J connectivity index is 2.03. The maximum absolute atomic E-state index is 4.67. The quantitative estimate of drug-likeness (QED) is 0.842. The minimum atomic E-state index is 0.796. The Labute approximate surface area is 106 Å². The Morgan fingerprint density at radius 3 is 2.88 bits per heavy atom. The third-order valence-corrected chi connectivity index (χ3v) is 4.14. The van der Waals surface area contributed by atoms with E-state index in [2.05, 4.69) is 44.4 Å². The van der Waals surface area contributed by atoms with Crippen LogP contribution in [0.25, 0.3) is 0 Å². The van der Waals surface area contributed by atoms with Gasteiger partial charge in [0, 0.05) is 0 Å². The normalized spacial score (nSPS) is 13.9. The maximum Gasteiger partial charge on any atom is 0.0865 e. The Bertz CT molecular complexity index is 560. The lowest BCUT2D eigenvalue weighted by Crippen LogP contribution is -2.17. The highest BCUT2D eigenvalue weighted by molar-refractivity contribution is 9.11. The molecule has 1 aliphatic heterocycles. The molecule has 80 valence electrons. The molecule has 0 bridgehead atoms. The fourth-order valence-electron chi connectivity index (χ4n) is 1.70. The second-order valence-corrected chi connectivity index (χ2v) is 6.00. The number of anilines is 1. The number of nitrogens with zero attached hydrogens (tertiary/aromatic N) is 1. The highest BCUT2D eigenvalue weighted by Crippen LogP contribution is 2.30. The van der Waals surface area contributed by atoms with E-state index >= 15 is 0 Å². The van der Waals surface area contributed by atoms with Gasteiger partial charge in [0.05, 0.1) is 32.3 Å². The van der Waals surface area contributed by atoms with Crippen molar-refractivity contribution >= 4 is 44.4 Å². The molecule has 0 fully saturated rings. The van der Waals surface area contributed by atoms with Crippen molar-refractivity contribution < 1.29 is 0 Å². The summed E-state index contributed by atoms with van der Waals surface area (Å²) >= 11 is 5.19. The van der Waals surface area contributed by atoms with Crippen molar-refractivity contribution in [1.29, 1.82) is 0 Å². The van der Waals surface area contributed by atoms with Gasteiger partial charge in [-0.3, -0.25) is 0 Å². The van der Waals surface area contributed by atoms with Crippen LogP contribution >= 0.6 is 27.3 Å². The van der Waals surface area contributed by atoms with Crippen LogP contribution in [-0.2, 0) is 0 Å². The fraction of sp³-hybridized carbons (Fsp3) is 0.0833. The number of halogens is 1. The van der Waals surface area contributed by atoms with Crippen LogP contribution < -0.4 is 5.32 Å². The van der Waals surface area contributed by atoms with Gasteiger partial charge in [0.15, 0.2) is 0 Å². The number of fused-ring (bicyclic) bond motifs is 1. The van der Waals surface area contributed by atoms with E-state index in [-0.39, 0.29) is 0 Å². The Hall–Kier alpha value is -1.13. The molecule has 2 heterocycles. The van der Waals surface area contributed by atoms with Crippen LogP contribution in [0.2, 0.25) is 0 Å². The molecule has 1 aliphatic rings. The van der Waals surface area contributed by atoms with E-state index in [0.717, 1.165) is 27.4 Å². The molecule has 0 atom stereocenters. The van der Waals surface area contributed by atoms with Gasteiger partial charge < -0.3 is 5.32 Å². The number of aliphatic imine (C=N–C) groups is 1. The molecule has 3 rings (SSSR count). The number of rotatable bonds is 1. The van der Waals surface area contributed by atoms with E-state index in [1.165, 1.54) is 4.88 Å². The van der Waals surface area contributed by atoms with Crippen LogP contribution in [0.4, 0.5) is 11.4 Å². The lowest BCUT2D eigenvalue weighted by Gasteiger charge is -2.16. The van der Waals surface area contributed by atoms with Gasteiger partial charge in [0.1, 0.15) is 0 Å². The molecule has 4 heteroatoms. The predicted molar refractivity (Wildman–Crippen MR) is 73.1 cm³/mol. The summed E-state index contributed by atoms with van der Waals surface area (Å²) in [5, 5.41) is 3.38. The summed E-state index contributed by atoms with van der Waals surface area (Å²) in [5.41, 5.74) is 3.24.